The Hall–Kier alpha value is -4.39. The summed E-state index contributed by atoms with van der Waals surface area (Å²) in [5, 5.41) is 3.10. The molecule has 3 aromatic heterocycles. The zero-order valence-corrected chi connectivity index (χ0v) is 21.5. The van der Waals surface area contributed by atoms with Crippen molar-refractivity contribution >= 4 is 27.6 Å². The SMILES string of the molecule is CC=CCc1cc2cc(-c3ccc(C(=O)N4CCC(F)(F)CC4)cn3)cc(-c3ccc4cnccc4c3)c2o1. The van der Waals surface area contributed by atoms with Gasteiger partial charge in [0.1, 0.15) is 11.3 Å². The standard InChI is InChI=1S/C32H27F2N3O2/c1-2-3-4-27-17-26-16-25(18-28(30(26)39-27)22-5-6-23-19-35-12-9-21(23)15-22)29-8-7-24(20-36-29)31(38)37-13-10-32(33,34)11-14-37/h2-3,5-9,12,15-20H,4,10-11,13-14H2,1H3. The third-order valence-corrected chi connectivity index (χ3v) is 7.26. The molecule has 0 saturated carbocycles. The highest BCUT2D eigenvalue weighted by molar-refractivity contribution is 5.99. The van der Waals surface area contributed by atoms with Crippen LogP contribution in [0.25, 0.3) is 44.1 Å². The highest BCUT2D eigenvalue weighted by atomic mass is 19.3. The maximum Gasteiger partial charge on any atom is 0.255 e. The van der Waals surface area contributed by atoms with Crippen molar-refractivity contribution in [2.45, 2.75) is 32.1 Å². The number of halogens is 2. The van der Waals surface area contributed by atoms with Gasteiger partial charge in [0, 0.05) is 72.8 Å². The van der Waals surface area contributed by atoms with E-state index in [0.717, 1.165) is 44.2 Å². The molecule has 0 bridgehead atoms. The van der Waals surface area contributed by atoms with Crippen molar-refractivity contribution in [3.05, 3.63) is 96.7 Å². The predicted molar refractivity (Wildman–Crippen MR) is 149 cm³/mol. The van der Waals surface area contributed by atoms with Crippen molar-refractivity contribution in [3.63, 3.8) is 0 Å². The van der Waals surface area contributed by atoms with Gasteiger partial charge in [0.15, 0.2) is 0 Å². The van der Waals surface area contributed by atoms with Gasteiger partial charge >= 0.3 is 0 Å². The fourth-order valence-electron chi connectivity index (χ4n) is 5.06. The first-order valence-corrected chi connectivity index (χ1v) is 13.1. The number of alkyl halides is 2. The van der Waals surface area contributed by atoms with Crippen molar-refractivity contribution in [2.75, 3.05) is 13.1 Å². The number of nitrogens with zero attached hydrogens (tertiary/aromatic N) is 3. The Labute approximate surface area is 224 Å². The van der Waals surface area contributed by atoms with E-state index in [2.05, 4.69) is 46.4 Å². The van der Waals surface area contributed by atoms with E-state index in [9.17, 15) is 13.6 Å². The molecule has 2 aromatic carbocycles. The van der Waals surface area contributed by atoms with E-state index in [1.165, 1.54) is 11.1 Å². The molecule has 7 heteroatoms. The molecule has 196 valence electrons. The van der Waals surface area contributed by atoms with Crippen LogP contribution in [-0.2, 0) is 6.42 Å². The monoisotopic (exact) mass is 523 g/mol. The number of fused-ring (bicyclic) bond motifs is 2. The Kier molecular flexibility index (Phi) is 6.43. The second-order valence-corrected chi connectivity index (χ2v) is 9.95. The van der Waals surface area contributed by atoms with Gasteiger partial charge in [0.2, 0.25) is 0 Å². The van der Waals surface area contributed by atoms with Crippen LogP contribution in [0.5, 0.6) is 0 Å². The Bertz CT molecular complexity index is 1700. The molecule has 0 N–H and O–H groups in total. The molecule has 0 aliphatic carbocycles. The first-order valence-electron chi connectivity index (χ1n) is 13.1. The van der Waals surface area contributed by atoms with Crippen molar-refractivity contribution in [3.8, 4) is 22.4 Å². The van der Waals surface area contributed by atoms with Gasteiger partial charge < -0.3 is 9.32 Å². The average molecular weight is 524 g/mol. The van der Waals surface area contributed by atoms with E-state index >= 15 is 0 Å². The maximum absolute atomic E-state index is 13.5. The maximum atomic E-state index is 13.5. The molecule has 0 unspecified atom stereocenters. The number of hydrogen-bond acceptors (Lipinski definition) is 4. The lowest BCUT2D eigenvalue weighted by Gasteiger charge is -2.31. The number of pyridine rings is 2. The summed E-state index contributed by atoms with van der Waals surface area (Å²) in [7, 11) is 0. The second-order valence-electron chi connectivity index (χ2n) is 9.95. The van der Waals surface area contributed by atoms with E-state index in [1.54, 1.807) is 12.3 Å². The third kappa shape index (κ3) is 5.04. The van der Waals surface area contributed by atoms with Crippen LogP contribution in [0, 0.1) is 0 Å². The minimum Gasteiger partial charge on any atom is -0.460 e. The molecule has 1 aliphatic heterocycles. The number of carbonyl (C=O) groups is 1. The lowest BCUT2D eigenvalue weighted by molar-refractivity contribution is -0.0494. The van der Waals surface area contributed by atoms with E-state index in [1.807, 2.05) is 37.4 Å². The Morgan fingerprint density at radius 2 is 1.79 bits per heavy atom. The minimum atomic E-state index is -2.70. The Morgan fingerprint density at radius 3 is 2.56 bits per heavy atom. The topological polar surface area (TPSA) is 59.2 Å². The minimum absolute atomic E-state index is 0.0471. The molecule has 0 atom stereocenters. The first kappa shape index (κ1) is 24.9. The molecule has 6 rings (SSSR count). The number of rotatable bonds is 5. The Balaban J connectivity index is 1.38. The number of piperidine rings is 1. The van der Waals surface area contributed by atoms with Gasteiger partial charge in [-0.05, 0) is 60.3 Å². The van der Waals surface area contributed by atoms with Crippen LogP contribution in [0.3, 0.4) is 0 Å². The summed E-state index contributed by atoms with van der Waals surface area (Å²) < 4.78 is 33.4. The number of amides is 1. The molecule has 0 radical (unpaired) electrons. The summed E-state index contributed by atoms with van der Waals surface area (Å²) in [5.41, 5.74) is 4.76. The van der Waals surface area contributed by atoms with E-state index in [4.69, 9.17) is 4.42 Å². The number of furan rings is 1. The molecule has 4 heterocycles. The lowest BCUT2D eigenvalue weighted by Crippen LogP contribution is -2.42. The highest BCUT2D eigenvalue weighted by Gasteiger charge is 2.35. The molecule has 1 amide bonds. The third-order valence-electron chi connectivity index (χ3n) is 7.26. The summed E-state index contributed by atoms with van der Waals surface area (Å²) in [4.78, 5) is 23.2. The molecule has 5 aromatic rings. The van der Waals surface area contributed by atoms with Crippen LogP contribution in [0.15, 0.2) is 89.8 Å². The van der Waals surface area contributed by atoms with Crippen LogP contribution in [-0.4, -0.2) is 39.8 Å². The van der Waals surface area contributed by atoms with Gasteiger partial charge in [-0.1, -0.05) is 24.3 Å². The second kappa shape index (κ2) is 10.1. The van der Waals surface area contributed by atoms with Crippen molar-refractivity contribution in [1.29, 1.82) is 0 Å². The van der Waals surface area contributed by atoms with Crippen LogP contribution in [0.4, 0.5) is 8.78 Å². The van der Waals surface area contributed by atoms with E-state index in [-0.39, 0.29) is 31.8 Å². The van der Waals surface area contributed by atoms with Gasteiger partial charge in [-0.3, -0.25) is 14.8 Å². The Morgan fingerprint density at radius 1 is 0.974 bits per heavy atom. The summed E-state index contributed by atoms with van der Waals surface area (Å²) in [6.45, 7) is 2.08. The number of allylic oxidation sites excluding steroid dienone is 2. The lowest BCUT2D eigenvalue weighted by atomic mass is 9.97. The summed E-state index contributed by atoms with van der Waals surface area (Å²) >= 11 is 0. The van der Waals surface area contributed by atoms with Crippen molar-refractivity contribution < 1.29 is 18.0 Å². The fourth-order valence-corrected chi connectivity index (χ4v) is 5.06. The number of benzene rings is 2. The van der Waals surface area contributed by atoms with Crippen LogP contribution < -0.4 is 0 Å². The molecule has 1 saturated heterocycles. The van der Waals surface area contributed by atoms with Crippen molar-refractivity contribution in [2.24, 2.45) is 0 Å². The summed E-state index contributed by atoms with van der Waals surface area (Å²) in [6.07, 6.45) is 9.29. The molecule has 5 nitrogen and oxygen atoms in total. The van der Waals surface area contributed by atoms with E-state index in [0.29, 0.717) is 17.7 Å². The summed E-state index contributed by atoms with van der Waals surface area (Å²) in [5.74, 6) is -2.10. The first-order chi connectivity index (χ1) is 18.9. The van der Waals surface area contributed by atoms with Crippen LogP contribution in [0.1, 0.15) is 35.9 Å². The molecule has 0 spiro atoms. The van der Waals surface area contributed by atoms with Crippen LogP contribution >= 0.6 is 0 Å². The number of likely N-dealkylation sites (tertiary alicyclic amines) is 1. The quantitative estimate of drug-likeness (QED) is 0.222. The number of hydrogen-bond donors (Lipinski definition) is 0. The van der Waals surface area contributed by atoms with Gasteiger partial charge in [0.05, 0.1) is 11.3 Å². The summed E-state index contributed by atoms with van der Waals surface area (Å²) in [6, 6.07) is 17.9. The fraction of sp³-hybridized carbons (Fsp3) is 0.219. The van der Waals surface area contributed by atoms with Gasteiger partial charge in [-0.25, -0.2) is 8.78 Å². The normalized spacial score (nSPS) is 15.4. The molecule has 1 fully saturated rings. The smallest absolute Gasteiger partial charge is 0.255 e. The number of carbonyl (C=O) groups excluding carboxylic acids is 1. The molecular formula is C32H27F2N3O2. The highest BCUT2D eigenvalue weighted by Crippen LogP contribution is 2.37. The van der Waals surface area contributed by atoms with Gasteiger partial charge in [-0.2, -0.15) is 0 Å². The van der Waals surface area contributed by atoms with Crippen LogP contribution in [0.2, 0.25) is 0 Å². The van der Waals surface area contributed by atoms with Crippen molar-refractivity contribution in [1.82, 2.24) is 14.9 Å². The molecule has 1 aliphatic rings. The predicted octanol–water partition coefficient (Wildman–Crippen LogP) is 7.70. The largest absolute Gasteiger partial charge is 0.460 e. The zero-order chi connectivity index (χ0) is 27.0. The number of aromatic nitrogens is 2. The van der Waals surface area contributed by atoms with Gasteiger partial charge in [-0.15, -0.1) is 0 Å². The molecular weight excluding hydrogens is 496 g/mol. The average Bonchev–Trinajstić information content (AvgIpc) is 3.38. The zero-order valence-electron chi connectivity index (χ0n) is 21.5. The van der Waals surface area contributed by atoms with Gasteiger partial charge in [0.25, 0.3) is 11.8 Å². The molecule has 39 heavy (non-hydrogen) atoms. The van der Waals surface area contributed by atoms with E-state index < -0.39 is 5.92 Å².